The van der Waals surface area contributed by atoms with E-state index in [9.17, 15) is 4.79 Å². The fraction of sp³-hybridized carbons (Fsp3) is 0.125. The minimum atomic E-state index is -0.465. The van der Waals surface area contributed by atoms with Gasteiger partial charge < -0.3 is 0 Å². The number of halogens is 3. The molecule has 1 nitrogen and oxygen atoms in total. The zero-order chi connectivity index (χ0) is 9.84. The van der Waals surface area contributed by atoms with Gasteiger partial charge in [0.1, 0.15) is 9.52 Å². The summed E-state index contributed by atoms with van der Waals surface area (Å²) in [6, 6.07) is 6.97. The van der Waals surface area contributed by atoms with Crippen molar-refractivity contribution in [3.63, 3.8) is 0 Å². The van der Waals surface area contributed by atoms with Gasteiger partial charge in [-0.25, -0.2) is 0 Å². The van der Waals surface area contributed by atoms with E-state index in [1.807, 2.05) is 6.07 Å². The van der Waals surface area contributed by atoms with Crippen LogP contribution in [0.4, 0.5) is 0 Å². The fourth-order valence-electron chi connectivity index (χ4n) is 0.857. The molecule has 0 amide bonds. The molecule has 68 valence electrons. The van der Waals surface area contributed by atoms with Crippen molar-refractivity contribution in [3.05, 3.63) is 29.8 Å². The Labute approximate surface area is 93.8 Å². The number of carbonyl (C=O) groups is 1. The topological polar surface area (TPSA) is 17.1 Å². The van der Waals surface area contributed by atoms with Gasteiger partial charge in [-0.3, -0.25) is 4.79 Å². The maximum Gasteiger partial charge on any atom is 0.252 e. The molecule has 0 N–H and O–H groups in total. The van der Waals surface area contributed by atoms with Crippen LogP contribution in [0.3, 0.4) is 0 Å². The van der Waals surface area contributed by atoms with Crippen LogP contribution in [-0.2, 0) is 0 Å². The molecule has 0 saturated heterocycles. The van der Waals surface area contributed by atoms with Crippen molar-refractivity contribution in [1.29, 1.82) is 0 Å². The van der Waals surface area contributed by atoms with E-state index in [1.165, 1.54) is 0 Å². The van der Waals surface area contributed by atoms with Crippen LogP contribution in [0, 0.1) is 0 Å². The summed E-state index contributed by atoms with van der Waals surface area (Å²) in [5.74, 6) is 0. The Bertz CT molecular complexity index is 314. The van der Waals surface area contributed by atoms with Crippen molar-refractivity contribution < 1.29 is 4.79 Å². The lowest BCUT2D eigenvalue weighted by atomic mass is 10.2. The molecule has 0 aliphatic rings. The van der Waals surface area contributed by atoms with Gasteiger partial charge in [0.2, 0.25) is 0 Å². The largest absolute Gasteiger partial charge is 0.276 e. The van der Waals surface area contributed by atoms with Crippen molar-refractivity contribution in [1.82, 2.24) is 0 Å². The molecule has 0 aliphatic heterocycles. The maximum absolute atomic E-state index is 10.8. The van der Waals surface area contributed by atoms with E-state index in [1.54, 1.807) is 18.2 Å². The molecule has 0 spiro atoms. The highest BCUT2D eigenvalue weighted by atomic mass is 35.5. The molecule has 0 aromatic heterocycles. The van der Waals surface area contributed by atoms with E-state index in [0.29, 0.717) is 5.56 Å². The van der Waals surface area contributed by atoms with E-state index >= 15 is 0 Å². The summed E-state index contributed by atoms with van der Waals surface area (Å²) >= 11 is 16.5. The van der Waals surface area contributed by atoms with Crippen molar-refractivity contribution in [2.75, 3.05) is 0 Å². The maximum atomic E-state index is 10.8. The van der Waals surface area contributed by atoms with Crippen LogP contribution in [0.1, 0.15) is 10.4 Å². The summed E-state index contributed by atoms with van der Waals surface area (Å²) in [4.78, 5) is 10.8. The van der Waals surface area contributed by atoms with Gasteiger partial charge in [-0.2, -0.15) is 0 Å². The summed E-state index contributed by atoms with van der Waals surface area (Å²) < 4.78 is -0.430. The van der Waals surface area contributed by atoms with Crippen LogP contribution in [0.15, 0.2) is 24.3 Å². The SMILES string of the molecule is O=C(Cl)c1cccc([Si]C(Cl)Cl)c1. The second kappa shape index (κ2) is 5.01. The third-order valence-electron chi connectivity index (χ3n) is 1.37. The molecule has 1 aromatic rings. The predicted molar refractivity (Wildman–Crippen MR) is 57.5 cm³/mol. The Balaban J connectivity index is 2.85. The highest BCUT2D eigenvalue weighted by Gasteiger charge is 2.06. The first-order chi connectivity index (χ1) is 6.09. The number of rotatable bonds is 3. The Kier molecular flexibility index (Phi) is 4.26. The third kappa shape index (κ3) is 3.69. The van der Waals surface area contributed by atoms with Crippen LogP contribution < -0.4 is 5.19 Å². The first kappa shape index (κ1) is 11.1. The Morgan fingerprint density at radius 2 is 2.08 bits per heavy atom. The summed E-state index contributed by atoms with van der Waals surface area (Å²) in [6.07, 6.45) is 0. The fourth-order valence-corrected chi connectivity index (χ4v) is 2.41. The molecule has 0 heterocycles. The molecular weight excluding hydrogens is 247 g/mol. The van der Waals surface area contributed by atoms with E-state index in [2.05, 4.69) is 0 Å². The van der Waals surface area contributed by atoms with Gasteiger partial charge in [0.25, 0.3) is 5.24 Å². The number of benzene rings is 1. The molecule has 0 aliphatic carbocycles. The van der Waals surface area contributed by atoms with E-state index in [0.717, 1.165) is 5.19 Å². The lowest BCUT2D eigenvalue weighted by Crippen LogP contribution is -2.20. The van der Waals surface area contributed by atoms with Crippen molar-refractivity contribution in [3.8, 4) is 0 Å². The summed E-state index contributed by atoms with van der Waals surface area (Å²) in [5.41, 5.74) is 0.473. The monoisotopic (exact) mass is 250 g/mol. The summed E-state index contributed by atoms with van der Waals surface area (Å²) in [7, 11) is 0.270. The van der Waals surface area contributed by atoms with Crippen LogP contribution in [0.5, 0.6) is 0 Å². The number of alkyl halides is 2. The van der Waals surface area contributed by atoms with Gasteiger partial charge in [0.15, 0.2) is 0 Å². The lowest BCUT2D eigenvalue weighted by Gasteiger charge is -2.01. The van der Waals surface area contributed by atoms with Crippen LogP contribution in [-0.4, -0.2) is 19.2 Å². The highest BCUT2D eigenvalue weighted by molar-refractivity contribution is 6.76. The molecule has 5 heteroatoms. The van der Waals surface area contributed by atoms with Gasteiger partial charge in [-0.1, -0.05) is 29.5 Å². The van der Waals surface area contributed by atoms with Gasteiger partial charge >= 0.3 is 0 Å². The molecule has 1 rings (SSSR count). The van der Waals surface area contributed by atoms with Gasteiger partial charge in [0.05, 0.1) is 4.46 Å². The second-order valence-electron chi connectivity index (χ2n) is 2.30. The van der Waals surface area contributed by atoms with E-state index in [-0.39, 0.29) is 9.52 Å². The predicted octanol–water partition coefficient (Wildman–Crippen LogP) is 2.16. The minimum absolute atomic E-state index is 0.270. The second-order valence-corrected chi connectivity index (χ2v) is 5.91. The molecule has 1 aromatic carbocycles. The quantitative estimate of drug-likeness (QED) is 0.457. The number of hydrogen-bond acceptors (Lipinski definition) is 1. The molecule has 0 fully saturated rings. The van der Waals surface area contributed by atoms with Crippen molar-refractivity contribution in [2.24, 2.45) is 0 Å². The molecule has 0 bridgehead atoms. The standard InChI is InChI=1S/C8H5Cl3OSi/c9-7(12)5-2-1-3-6(4-5)13-8(10)11/h1-4,8H. The first-order valence-electron chi connectivity index (χ1n) is 3.44. The average Bonchev–Trinajstić information content (AvgIpc) is 2.03. The zero-order valence-electron chi connectivity index (χ0n) is 6.43. The molecule has 0 atom stereocenters. The number of hydrogen-bond donors (Lipinski definition) is 0. The summed E-state index contributed by atoms with van der Waals surface area (Å²) in [6.45, 7) is 0. The van der Waals surface area contributed by atoms with E-state index in [4.69, 9.17) is 34.8 Å². The van der Waals surface area contributed by atoms with Crippen LogP contribution in [0.2, 0.25) is 0 Å². The lowest BCUT2D eigenvalue weighted by molar-refractivity contribution is 0.108. The van der Waals surface area contributed by atoms with Crippen LogP contribution >= 0.6 is 34.8 Å². The highest BCUT2D eigenvalue weighted by Crippen LogP contribution is 2.03. The van der Waals surface area contributed by atoms with Crippen molar-refractivity contribution >= 4 is 54.8 Å². The van der Waals surface area contributed by atoms with Crippen LogP contribution in [0.25, 0.3) is 0 Å². The summed E-state index contributed by atoms with van der Waals surface area (Å²) in [5, 5.41) is 0.467. The minimum Gasteiger partial charge on any atom is -0.276 e. The van der Waals surface area contributed by atoms with Gasteiger partial charge in [-0.05, 0) is 11.6 Å². The normalized spacial score (nSPS) is 10.5. The third-order valence-corrected chi connectivity index (χ3v) is 3.10. The van der Waals surface area contributed by atoms with Gasteiger partial charge in [-0.15, -0.1) is 23.2 Å². The van der Waals surface area contributed by atoms with Crippen molar-refractivity contribution in [2.45, 2.75) is 4.46 Å². The Morgan fingerprint density at radius 1 is 1.38 bits per heavy atom. The molecule has 0 unspecified atom stereocenters. The molecule has 2 radical (unpaired) electrons. The first-order valence-corrected chi connectivity index (χ1v) is 5.77. The Morgan fingerprint density at radius 3 is 2.62 bits per heavy atom. The molecular formula is C8H5Cl3OSi. The average molecular weight is 252 g/mol. The van der Waals surface area contributed by atoms with E-state index < -0.39 is 9.70 Å². The van der Waals surface area contributed by atoms with Gasteiger partial charge in [0, 0.05) is 5.56 Å². The zero-order valence-corrected chi connectivity index (χ0v) is 9.70. The number of carbonyl (C=O) groups excluding carboxylic acids is 1. The molecule has 13 heavy (non-hydrogen) atoms. The Hall–Kier alpha value is -0.0231. The smallest absolute Gasteiger partial charge is 0.252 e. The molecule has 0 saturated carbocycles.